The highest BCUT2D eigenvalue weighted by atomic mass is 32.2. The molecule has 4 rings (SSSR count). The Balaban J connectivity index is 1.59. The first kappa shape index (κ1) is 22.0. The molecule has 1 aliphatic rings. The van der Waals surface area contributed by atoms with Gasteiger partial charge < -0.3 is 20.7 Å². The lowest BCUT2D eigenvalue weighted by Crippen LogP contribution is -2.35. The van der Waals surface area contributed by atoms with Crippen LogP contribution in [0.25, 0.3) is 0 Å². The monoisotopic (exact) mass is 457 g/mol. The first-order valence-electron chi connectivity index (χ1n) is 10.4. The Hall–Kier alpha value is -3.18. The topological polar surface area (TPSA) is 134 Å². The van der Waals surface area contributed by atoms with E-state index in [1.54, 1.807) is 30.5 Å². The Bertz CT molecular complexity index is 1200. The van der Waals surface area contributed by atoms with Crippen LogP contribution in [0.15, 0.2) is 35.4 Å². The van der Waals surface area contributed by atoms with Crippen molar-refractivity contribution in [3.63, 3.8) is 0 Å². The lowest BCUT2D eigenvalue weighted by atomic mass is 10.2. The van der Waals surface area contributed by atoms with Crippen molar-refractivity contribution >= 4 is 33.1 Å². The summed E-state index contributed by atoms with van der Waals surface area (Å²) >= 11 is 0. The number of nitrogens with zero attached hydrogens (tertiary/aromatic N) is 3. The normalized spacial score (nSPS) is 14.8. The highest BCUT2D eigenvalue weighted by Gasteiger charge is 2.29. The smallest absolute Gasteiger partial charge is 0.229 e. The van der Waals surface area contributed by atoms with Crippen molar-refractivity contribution < 1.29 is 13.2 Å². The molecule has 0 saturated carbocycles. The van der Waals surface area contributed by atoms with Crippen LogP contribution in [0.4, 0.5) is 23.3 Å². The lowest BCUT2D eigenvalue weighted by molar-refractivity contribution is 0.413. The van der Waals surface area contributed by atoms with E-state index in [4.69, 9.17) is 4.74 Å². The molecule has 0 atom stereocenters. The van der Waals surface area contributed by atoms with Crippen molar-refractivity contribution in [2.24, 2.45) is 0 Å². The maximum atomic E-state index is 13.2. The number of anilines is 4. The minimum Gasteiger partial charge on any atom is -0.497 e. The molecular weight excluding hydrogens is 430 g/mol. The number of nitrogens with one attached hydrogen (secondary N) is 4. The van der Waals surface area contributed by atoms with Crippen LogP contribution < -0.4 is 20.7 Å². The van der Waals surface area contributed by atoms with Gasteiger partial charge in [-0.3, -0.25) is 5.10 Å². The van der Waals surface area contributed by atoms with Crippen LogP contribution in [0.3, 0.4) is 0 Å². The molecule has 3 heterocycles. The molecule has 32 heavy (non-hydrogen) atoms. The fourth-order valence-corrected chi connectivity index (χ4v) is 5.38. The molecule has 0 unspecified atom stereocenters. The maximum Gasteiger partial charge on any atom is 0.229 e. The number of hydrogen-bond acceptors (Lipinski definition) is 9. The average molecular weight is 458 g/mol. The lowest BCUT2D eigenvalue weighted by Gasteiger charge is -2.23. The summed E-state index contributed by atoms with van der Waals surface area (Å²) in [7, 11) is -1.98. The van der Waals surface area contributed by atoms with E-state index >= 15 is 0 Å². The van der Waals surface area contributed by atoms with Gasteiger partial charge in [0, 0.05) is 29.2 Å². The molecule has 0 spiro atoms. The van der Waals surface area contributed by atoms with Crippen molar-refractivity contribution in [2.75, 3.05) is 30.8 Å². The second-order valence-electron chi connectivity index (χ2n) is 7.73. The van der Waals surface area contributed by atoms with E-state index in [2.05, 4.69) is 36.1 Å². The van der Waals surface area contributed by atoms with E-state index in [0.717, 1.165) is 11.3 Å². The molecule has 1 aromatic carbocycles. The van der Waals surface area contributed by atoms with Crippen molar-refractivity contribution in [2.45, 2.75) is 36.8 Å². The standard InChI is InChI=1S/C21H27N7O3S/c1-13-14(2)27-28-20(13)25-19-6-9-23-21(26-19)24-15-10-16(31-3)12-18(11-15)32(29,30)17-4-7-22-8-5-17/h6,9-12,17,22H,4-5,7-8H2,1-3H3,(H3,23,24,25,26,27,28). The zero-order valence-electron chi connectivity index (χ0n) is 18.3. The van der Waals surface area contributed by atoms with Gasteiger partial charge in [0.15, 0.2) is 15.7 Å². The third kappa shape index (κ3) is 4.68. The molecular formula is C21H27N7O3S. The van der Waals surface area contributed by atoms with Crippen LogP contribution in [-0.2, 0) is 9.84 Å². The quantitative estimate of drug-likeness (QED) is 0.422. The van der Waals surface area contributed by atoms with Gasteiger partial charge in [-0.1, -0.05) is 0 Å². The van der Waals surface area contributed by atoms with E-state index in [1.165, 1.54) is 7.11 Å². The number of aromatic nitrogens is 4. The molecule has 1 fully saturated rings. The van der Waals surface area contributed by atoms with Gasteiger partial charge in [-0.2, -0.15) is 10.1 Å². The van der Waals surface area contributed by atoms with Crippen molar-refractivity contribution in [3.8, 4) is 5.75 Å². The van der Waals surface area contributed by atoms with Gasteiger partial charge in [0.2, 0.25) is 5.95 Å². The summed E-state index contributed by atoms with van der Waals surface area (Å²) < 4.78 is 31.7. The first-order chi connectivity index (χ1) is 15.4. The van der Waals surface area contributed by atoms with Gasteiger partial charge in [0.25, 0.3) is 0 Å². The van der Waals surface area contributed by atoms with Crippen molar-refractivity contribution in [1.29, 1.82) is 0 Å². The van der Waals surface area contributed by atoms with Crippen LogP contribution in [0.2, 0.25) is 0 Å². The third-order valence-electron chi connectivity index (χ3n) is 5.58. The SMILES string of the molecule is COc1cc(Nc2nccc(Nc3n[nH]c(C)c3C)n2)cc(S(=O)(=O)C2CCNCC2)c1. The predicted molar refractivity (Wildman–Crippen MR) is 123 cm³/mol. The Kier molecular flexibility index (Phi) is 6.28. The van der Waals surface area contributed by atoms with Crippen molar-refractivity contribution in [1.82, 2.24) is 25.5 Å². The molecule has 10 nitrogen and oxygen atoms in total. The Labute approximate surface area is 187 Å². The number of rotatable bonds is 7. The number of aromatic amines is 1. The molecule has 170 valence electrons. The van der Waals surface area contributed by atoms with Gasteiger partial charge in [0.1, 0.15) is 11.6 Å². The second-order valence-corrected chi connectivity index (χ2v) is 9.96. The van der Waals surface area contributed by atoms with Gasteiger partial charge in [0.05, 0.1) is 17.3 Å². The first-order valence-corrected chi connectivity index (χ1v) is 11.9. The molecule has 0 radical (unpaired) electrons. The number of piperidine rings is 1. The number of aryl methyl sites for hydroxylation is 1. The van der Waals surface area contributed by atoms with E-state index in [1.807, 2.05) is 13.8 Å². The summed E-state index contributed by atoms with van der Waals surface area (Å²) in [5.74, 6) is 2.00. The van der Waals surface area contributed by atoms with Gasteiger partial charge in [-0.05, 0) is 58.0 Å². The van der Waals surface area contributed by atoms with E-state index in [0.29, 0.717) is 55.0 Å². The van der Waals surface area contributed by atoms with Gasteiger partial charge in [-0.15, -0.1) is 0 Å². The summed E-state index contributed by atoms with van der Waals surface area (Å²) in [6, 6.07) is 6.61. The zero-order chi connectivity index (χ0) is 22.7. The molecule has 0 bridgehead atoms. The summed E-state index contributed by atoms with van der Waals surface area (Å²) in [6.07, 6.45) is 2.79. The minimum atomic E-state index is -3.49. The molecule has 11 heteroatoms. The number of sulfone groups is 1. The van der Waals surface area contributed by atoms with Crippen LogP contribution in [0.1, 0.15) is 24.1 Å². The molecule has 0 amide bonds. The van der Waals surface area contributed by atoms with Crippen LogP contribution in [-0.4, -0.2) is 54.0 Å². The van der Waals surface area contributed by atoms with Crippen LogP contribution >= 0.6 is 0 Å². The summed E-state index contributed by atoms with van der Waals surface area (Å²) in [5.41, 5.74) is 2.50. The molecule has 3 aromatic rings. The van der Waals surface area contributed by atoms with Crippen LogP contribution in [0, 0.1) is 13.8 Å². The number of benzene rings is 1. The molecule has 4 N–H and O–H groups in total. The molecule has 1 saturated heterocycles. The summed E-state index contributed by atoms with van der Waals surface area (Å²) in [4.78, 5) is 8.94. The number of ether oxygens (including phenoxy) is 1. The Morgan fingerprint density at radius 2 is 1.91 bits per heavy atom. The van der Waals surface area contributed by atoms with E-state index in [9.17, 15) is 8.42 Å². The molecule has 2 aromatic heterocycles. The largest absolute Gasteiger partial charge is 0.497 e. The Morgan fingerprint density at radius 3 is 2.59 bits per heavy atom. The molecule has 0 aliphatic carbocycles. The third-order valence-corrected chi connectivity index (χ3v) is 7.82. The zero-order valence-corrected chi connectivity index (χ0v) is 19.1. The fourth-order valence-electron chi connectivity index (χ4n) is 3.57. The van der Waals surface area contributed by atoms with Crippen LogP contribution in [0.5, 0.6) is 5.75 Å². The second kappa shape index (κ2) is 9.13. The Morgan fingerprint density at radius 1 is 1.12 bits per heavy atom. The fraction of sp³-hybridized carbons (Fsp3) is 0.381. The predicted octanol–water partition coefficient (Wildman–Crippen LogP) is 2.84. The van der Waals surface area contributed by atoms with Gasteiger partial charge >= 0.3 is 0 Å². The number of H-pyrrole nitrogens is 1. The van der Waals surface area contributed by atoms with E-state index in [-0.39, 0.29) is 4.90 Å². The van der Waals surface area contributed by atoms with Gasteiger partial charge in [-0.25, -0.2) is 13.4 Å². The van der Waals surface area contributed by atoms with Crippen molar-refractivity contribution in [3.05, 3.63) is 41.7 Å². The highest BCUT2D eigenvalue weighted by molar-refractivity contribution is 7.92. The van der Waals surface area contributed by atoms with E-state index < -0.39 is 15.1 Å². The molecule has 1 aliphatic heterocycles. The number of methoxy groups -OCH3 is 1. The summed E-state index contributed by atoms with van der Waals surface area (Å²) in [6.45, 7) is 5.30. The summed E-state index contributed by atoms with van der Waals surface area (Å²) in [5, 5.41) is 16.2. The average Bonchev–Trinajstić information content (AvgIpc) is 3.11. The number of hydrogen-bond donors (Lipinski definition) is 4. The maximum absolute atomic E-state index is 13.2. The highest BCUT2D eigenvalue weighted by Crippen LogP contribution is 2.30. The minimum absolute atomic E-state index is 0.225.